The smallest absolute Gasteiger partial charge is 0.343 e. The lowest BCUT2D eigenvalue weighted by Crippen LogP contribution is -2.31. The molecular formula is C37H40N2O6. The zero-order valence-electron chi connectivity index (χ0n) is 25.5. The molecule has 0 amide bonds. The van der Waals surface area contributed by atoms with Crippen LogP contribution in [0.4, 0.5) is 11.4 Å². The number of carboxylic acids is 1. The molecule has 0 radical (unpaired) electrons. The number of rotatable bonds is 18. The van der Waals surface area contributed by atoms with Crippen molar-refractivity contribution in [3.05, 3.63) is 120 Å². The molecule has 0 aliphatic rings. The molecule has 1 atom stereocenters. The summed E-state index contributed by atoms with van der Waals surface area (Å²) in [7, 11) is 0. The SMILES string of the molecule is CCCCCC(=O)c1ccccc1NCCCOc1ccc(CC(Nc2ccccc2OC(=O)c2ccccc2)C(=O)O)cc1. The first kappa shape index (κ1) is 32.8. The highest BCUT2D eigenvalue weighted by Crippen LogP contribution is 2.27. The molecule has 4 aromatic rings. The van der Waals surface area contributed by atoms with Gasteiger partial charge < -0.3 is 25.2 Å². The molecule has 3 N–H and O–H groups in total. The van der Waals surface area contributed by atoms with Crippen LogP contribution in [0.25, 0.3) is 0 Å². The maximum absolute atomic E-state index is 12.6. The molecule has 0 aliphatic heterocycles. The van der Waals surface area contributed by atoms with Crippen molar-refractivity contribution < 1.29 is 29.0 Å². The van der Waals surface area contributed by atoms with Gasteiger partial charge in [-0.15, -0.1) is 0 Å². The summed E-state index contributed by atoms with van der Waals surface area (Å²) in [6, 6.07) is 29.4. The molecule has 1 unspecified atom stereocenters. The lowest BCUT2D eigenvalue weighted by molar-refractivity contribution is -0.137. The summed E-state index contributed by atoms with van der Waals surface area (Å²) in [5.74, 6) is -0.461. The minimum Gasteiger partial charge on any atom is -0.494 e. The summed E-state index contributed by atoms with van der Waals surface area (Å²) in [5, 5.41) is 16.3. The van der Waals surface area contributed by atoms with E-state index < -0.39 is 18.0 Å². The second-order valence-electron chi connectivity index (χ2n) is 10.7. The number of carbonyl (C=O) groups is 3. The van der Waals surface area contributed by atoms with E-state index in [4.69, 9.17) is 9.47 Å². The van der Waals surface area contributed by atoms with Crippen molar-refractivity contribution in [3.63, 3.8) is 0 Å². The maximum atomic E-state index is 12.6. The molecule has 4 rings (SSSR count). The van der Waals surface area contributed by atoms with Crippen molar-refractivity contribution >= 4 is 29.1 Å². The quantitative estimate of drug-likeness (QED) is 0.0457. The van der Waals surface area contributed by atoms with Gasteiger partial charge in [-0.3, -0.25) is 4.79 Å². The fourth-order valence-corrected chi connectivity index (χ4v) is 4.79. The Morgan fingerprint density at radius 2 is 1.47 bits per heavy atom. The van der Waals surface area contributed by atoms with Gasteiger partial charge in [0.05, 0.1) is 17.9 Å². The number of nitrogens with one attached hydrogen (secondary N) is 2. The Bertz CT molecular complexity index is 1540. The lowest BCUT2D eigenvalue weighted by Gasteiger charge is -2.18. The molecular weight excluding hydrogens is 568 g/mol. The summed E-state index contributed by atoms with van der Waals surface area (Å²) < 4.78 is 11.5. The van der Waals surface area contributed by atoms with Crippen LogP contribution >= 0.6 is 0 Å². The first-order valence-electron chi connectivity index (χ1n) is 15.4. The molecule has 8 heteroatoms. The molecule has 0 saturated carbocycles. The Hall–Kier alpha value is -5.11. The predicted molar refractivity (Wildman–Crippen MR) is 177 cm³/mol. The number of Topliss-reactive ketones (excluding diaryl/α,β-unsaturated/α-hetero) is 1. The first-order valence-corrected chi connectivity index (χ1v) is 15.4. The average Bonchev–Trinajstić information content (AvgIpc) is 3.06. The van der Waals surface area contributed by atoms with Crippen LogP contribution < -0.4 is 20.1 Å². The van der Waals surface area contributed by atoms with Crippen LogP contribution in [0, 0.1) is 0 Å². The van der Waals surface area contributed by atoms with Crippen molar-refractivity contribution in [1.82, 2.24) is 0 Å². The molecule has 234 valence electrons. The molecule has 0 saturated heterocycles. The van der Waals surface area contributed by atoms with Gasteiger partial charge in [-0.1, -0.05) is 74.4 Å². The molecule has 0 aliphatic carbocycles. The van der Waals surface area contributed by atoms with E-state index in [9.17, 15) is 19.5 Å². The number of ketones is 1. The predicted octanol–water partition coefficient (Wildman–Crippen LogP) is 7.66. The second-order valence-corrected chi connectivity index (χ2v) is 10.7. The summed E-state index contributed by atoms with van der Waals surface area (Å²) in [6.07, 6.45) is 4.55. The van der Waals surface area contributed by atoms with Gasteiger partial charge in [0.15, 0.2) is 11.5 Å². The van der Waals surface area contributed by atoms with Gasteiger partial charge in [0, 0.05) is 30.6 Å². The van der Waals surface area contributed by atoms with Crippen LogP contribution in [0.1, 0.15) is 65.3 Å². The fourth-order valence-electron chi connectivity index (χ4n) is 4.79. The van der Waals surface area contributed by atoms with Gasteiger partial charge in [0.1, 0.15) is 11.8 Å². The third-order valence-electron chi connectivity index (χ3n) is 7.23. The van der Waals surface area contributed by atoms with Crippen LogP contribution in [-0.4, -0.2) is 42.0 Å². The van der Waals surface area contributed by atoms with E-state index >= 15 is 0 Å². The highest BCUT2D eigenvalue weighted by Gasteiger charge is 2.21. The first-order chi connectivity index (χ1) is 21.9. The number of carbonyl (C=O) groups excluding carboxylic acids is 2. The summed E-state index contributed by atoms with van der Waals surface area (Å²) >= 11 is 0. The van der Waals surface area contributed by atoms with Crippen LogP contribution in [0.5, 0.6) is 11.5 Å². The van der Waals surface area contributed by atoms with Gasteiger partial charge >= 0.3 is 11.9 Å². The van der Waals surface area contributed by atoms with Crippen molar-refractivity contribution in [1.29, 1.82) is 0 Å². The molecule has 0 bridgehead atoms. The van der Waals surface area contributed by atoms with Gasteiger partial charge in [0.25, 0.3) is 0 Å². The highest BCUT2D eigenvalue weighted by molar-refractivity contribution is 6.01. The minimum atomic E-state index is -1.03. The fraction of sp³-hybridized carbons (Fsp3) is 0.270. The number of anilines is 2. The zero-order valence-corrected chi connectivity index (χ0v) is 25.5. The van der Waals surface area contributed by atoms with Crippen LogP contribution in [0.15, 0.2) is 103 Å². The number of ether oxygens (including phenoxy) is 2. The number of benzene rings is 4. The summed E-state index contributed by atoms with van der Waals surface area (Å²) in [6.45, 7) is 3.27. The summed E-state index contributed by atoms with van der Waals surface area (Å²) in [4.78, 5) is 37.3. The molecule has 4 aromatic carbocycles. The Morgan fingerprint density at radius 1 is 0.778 bits per heavy atom. The zero-order chi connectivity index (χ0) is 31.9. The number of para-hydroxylation sites is 3. The maximum Gasteiger partial charge on any atom is 0.343 e. The molecule has 45 heavy (non-hydrogen) atoms. The van der Waals surface area contributed by atoms with Crippen LogP contribution in [-0.2, 0) is 11.2 Å². The van der Waals surface area contributed by atoms with E-state index in [1.807, 2.05) is 54.6 Å². The van der Waals surface area contributed by atoms with Crippen molar-refractivity contribution in [2.45, 2.75) is 51.5 Å². The molecule has 0 spiro atoms. The third-order valence-corrected chi connectivity index (χ3v) is 7.23. The normalized spacial score (nSPS) is 11.3. The Labute approximate surface area is 264 Å². The van der Waals surface area contributed by atoms with Crippen molar-refractivity contribution in [3.8, 4) is 11.5 Å². The molecule has 0 fully saturated rings. The average molecular weight is 609 g/mol. The van der Waals surface area contributed by atoms with Gasteiger partial charge in [-0.25, -0.2) is 9.59 Å². The highest BCUT2D eigenvalue weighted by atomic mass is 16.5. The standard InChI is InChI=1S/C37H40N2O6/c1-2-3-5-18-34(40)30-15-8-9-16-31(30)38-24-12-25-44-29-22-20-27(21-23-29)26-33(36(41)42)39-32-17-10-11-19-35(32)45-37(43)28-13-6-4-7-14-28/h4,6-11,13-17,19-23,33,38-39H,2-3,5,12,18,24-26H2,1H3,(H,41,42). The van der Waals surface area contributed by atoms with E-state index in [1.165, 1.54) is 0 Å². The Balaban J connectivity index is 1.26. The van der Waals surface area contributed by atoms with Crippen LogP contribution in [0.3, 0.4) is 0 Å². The van der Waals surface area contributed by atoms with Crippen LogP contribution in [0.2, 0.25) is 0 Å². The lowest BCUT2D eigenvalue weighted by atomic mass is 10.0. The monoisotopic (exact) mass is 608 g/mol. The van der Waals surface area contributed by atoms with E-state index in [-0.39, 0.29) is 18.0 Å². The Morgan fingerprint density at radius 3 is 2.20 bits per heavy atom. The number of hydrogen-bond acceptors (Lipinski definition) is 7. The van der Waals surface area contributed by atoms with E-state index in [1.54, 1.807) is 48.5 Å². The second kappa shape index (κ2) is 17.3. The third kappa shape index (κ3) is 10.2. The minimum absolute atomic E-state index is 0.166. The number of esters is 1. The number of hydrogen-bond donors (Lipinski definition) is 3. The van der Waals surface area contributed by atoms with E-state index in [2.05, 4.69) is 17.6 Å². The van der Waals surface area contributed by atoms with E-state index in [0.29, 0.717) is 36.6 Å². The van der Waals surface area contributed by atoms with Crippen molar-refractivity contribution in [2.24, 2.45) is 0 Å². The number of unbranched alkanes of at least 4 members (excludes halogenated alkanes) is 2. The van der Waals surface area contributed by atoms with E-state index in [0.717, 1.165) is 42.5 Å². The van der Waals surface area contributed by atoms with Gasteiger partial charge in [-0.05, 0) is 66.9 Å². The van der Waals surface area contributed by atoms with Crippen molar-refractivity contribution in [2.75, 3.05) is 23.8 Å². The largest absolute Gasteiger partial charge is 0.494 e. The molecule has 0 heterocycles. The number of aliphatic carboxylic acids is 1. The summed E-state index contributed by atoms with van der Waals surface area (Å²) in [5.41, 5.74) is 3.20. The Kier molecular flexibility index (Phi) is 12.6. The topological polar surface area (TPSA) is 114 Å². The molecule has 8 nitrogen and oxygen atoms in total. The molecule has 0 aromatic heterocycles. The van der Waals surface area contributed by atoms with Gasteiger partial charge in [0.2, 0.25) is 0 Å². The number of carboxylic acid groups (broad SMARTS) is 1. The van der Waals surface area contributed by atoms with Gasteiger partial charge in [-0.2, -0.15) is 0 Å².